The minimum absolute atomic E-state index is 0.109. The molecule has 0 spiro atoms. The van der Waals surface area contributed by atoms with Crippen LogP contribution in [0.5, 0.6) is 0 Å². The Labute approximate surface area is 134 Å². The van der Waals surface area contributed by atoms with Crippen molar-refractivity contribution < 1.29 is 19.1 Å². The quantitative estimate of drug-likeness (QED) is 0.533. The lowest BCUT2D eigenvalue weighted by molar-refractivity contribution is -0.136. The number of benzene rings is 2. The highest BCUT2D eigenvalue weighted by Gasteiger charge is 2.19. The normalized spacial score (nSPS) is 11.0. The van der Waals surface area contributed by atoms with E-state index in [1.807, 2.05) is 30.3 Å². The summed E-state index contributed by atoms with van der Waals surface area (Å²) in [5, 5.41) is 0. The molecule has 2 aromatic rings. The first-order valence-corrected chi connectivity index (χ1v) is 6.90. The molecule has 0 fully saturated rings. The molecule has 0 aromatic heterocycles. The van der Waals surface area contributed by atoms with Gasteiger partial charge in [0.2, 0.25) is 0 Å². The van der Waals surface area contributed by atoms with Crippen molar-refractivity contribution in [1.29, 1.82) is 0 Å². The highest BCUT2D eigenvalue weighted by atomic mass is 16.5. The molecule has 5 nitrogen and oxygen atoms in total. The van der Waals surface area contributed by atoms with Gasteiger partial charge in [-0.15, -0.1) is 0 Å². The number of carbonyl (C=O) groups is 2. The van der Waals surface area contributed by atoms with Crippen LogP contribution in [0.15, 0.2) is 54.6 Å². The van der Waals surface area contributed by atoms with E-state index >= 15 is 0 Å². The van der Waals surface area contributed by atoms with E-state index in [4.69, 9.17) is 10.5 Å². The molecule has 2 rings (SSSR count). The van der Waals surface area contributed by atoms with Crippen molar-refractivity contribution in [2.45, 2.75) is 0 Å². The maximum Gasteiger partial charge on any atom is 0.338 e. The molecule has 0 aliphatic heterocycles. The predicted octanol–water partition coefficient (Wildman–Crippen LogP) is 2.67. The highest BCUT2D eigenvalue weighted by molar-refractivity contribution is 6.22. The monoisotopic (exact) mass is 311 g/mol. The Morgan fingerprint density at radius 2 is 1.52 bits per heavy atom. The third-order valence-corrected chi connectivity index (χ3v) is 3.34. The van der Waals surface area contributed by atoms with Crippen molar-refractivity contribution in [2.75, 3.05) is 20.0 Å². The van der Waals surface area contributed by atoms with Crippen molar-refractivity contribution in [3.8, 4) is 11.1 Å². The fraction of sp³-hybridized carbons (Fsp3) is 0.111. The van der Waals surface area contributed by atoms with Crippen LogP contribution in [0.2, 0.25) is 0 Å². The summed E-state index contributed by atoms with van der Waals surface area (Å²) >= 11 is 0. The Balaban J connectivity index is 2.67. The summed E-state index contributed by atoms with van der Waals surface area (Å²) in [5.41, 5.74) is 8.75. The largest absolute Gasteiger partial charge is 0.466 e. The number of methoxy groups -OCH3 is 2. The number of hydrogen-bond acceptors (Lipinski definition) is 5. The SMILES string of the molecule is COC(=O)/C=C(\C(=O)OC)c1ccccc1-c1ccccc1N. The standard InChI is InChI=1S/C18H17NO4/c1-22-17(20)11-15(18(21)23-2)13-8-4-3-7-12(13)14-9-5-6-10-16(14)19/h3-11H,19H2,1-2H3/b15-11-. The van der Waals surface area contributed by atoms with Gasteiger partial charge in [-0.05, 0) is 17.2 Å². The third kappa shape index (κ3) is 3.58. The molecule has 0 radical (unpaired) electrons. The van der Waals surface area contributed by atoms with Crippen molar-refractivity contribution >= 4 is 23.2 Å². The van der Waals surface area contributed by atoms with E-state index in [-0.39, 0.29) is 5.57 Å². The van der Waals surface area contributed by atoms with Crippen LogP contribution in [0.3, 0.4) is 0 Å². The zero-order valence-electron chi connectivity index (χ0n) is 12.9. The van der Waals surface area contributed by atoms with Gasteiger partial charge in [-0.1, -0.05) is 42.5 Å². The average molecular weight is 311 g/mol. The topological polar surface area (TPSA) is 78.6 Å². The van der Waals surface area contributed by atoms with Crippen LogP contribution in [0.4, 0.5) is 5.69 Å². The fourth-order valence-electron chi connectivity index (χ4n) is 2.23. The number of para-hydroxylation sites is 1. The van der Waals surface area contributed by atoms with Crippen molar-refractivity contribution in [3.63, 3.8) is 0 Å². The van der Waals surface area contributed by atoms with Crippen molar-refractivity contribution in [2.24, 2.45) is 0 Å². The van der Waals surface area contributed by atoms with Crippen LogP contribution in [0.1, 0.15) is 5.56 Å². The van der Waals surface area contributed by atoms with Crippen LogP contribution < -0.4 is 5.73 Å². The fourth-order valence-corrected chi connectivity index (χ4v) is 2.23. The van der Waals surface area contributed by atoms with Crippen LogP contribution in [0.25, 0.3) is 16.7 Å². The van der Waals surface area contributed by atoms with E-state index in [0.717, 1.165) is 17.2 Å². The minimum atomic E-state index is -0.638. The maximum atomic E-state index is 12.1. The Morgan fingerprint density at radius 1 is 0.913 bits per heavy atom. The minimum Gasteiger partial charge on any atom is -0.466 e. The summed E-state index contributed by atoms with van der Waals surface area (Å²) < 4.78 is 9.41. The number of hydrogen-bond donors (Lipinski definition) is 1. The number of nitrogen functional groups attached to an aromatic ring is 1. The van der Waals surface area contributed by atoms with Gasteiger partial charge in [0.05, 0.1) is 19.8 Å². The second-order valence-corrected chi connectivity index (χ2v) is 4.71. The molecule has 2 N–H and O–H groups in total. The number of esters is 2. The molecule has 0 saturated heterocycles. The molecular formula is C18H17NO4. The number of carbonyl (C=O) groups excluding carboxylic acids is 2. The lowest BCUT2D eigenvalue weighted by atomic mass is 9.93. The molecule has 2 aromatic carbocycles. The Morgan fingerprint density at radius 3 is 2.13 bits per heavy atom. The first-order chi connectivity index (χ1) is 11.1. The first kappa shape index (κ1) is 16.3. The number of anilines is 1. The van der Waals surface area contributed by atoms with Gasteiger partial charge in [0.25, 0.3) is 0 Å². The molecule has 23 heavy (non-hydrogen) atoms. The van der Waals surface area contributed by atoms with Crippen LogP contribution >= 0.6 is 0 Å². The van der Waals surface area contributed by atoms with E-state index < -0.39 is 11.9 Å². The molecule has 0 aliphatic rings. The van der Waals surface area contributed by atoms with Crippen molar-refractivity contribution in [1.82, 2.24) is 0 Å². The van der Waals surface area contributed by atoms with Crippen LogP contribution in [0, 0.1) is 0 Å². The Bertz CT molecular complexity index is 765. The number of ether oxygens (including phenoxy) is 2. The van der Waals surface area contributed by atoms with E-state index in [1.54, 1.807) is 18.2 Å². The van der Waals surface area contributed by atoms with Gasteiger partial charge in [0.1, 0.15) is 0 Å². The first-order valence-electron chi connectivity index (χ1n) is 6.90. The van der Waals surface area contributed by atoms with Gasteiger partial charge in [-0.25, -0.2) is 9.59 Å². The second-order valence-electron chi connectivity index (χ2n) is 4.71. The molecule has 118 valence electrons. The van der Waals surface area contributed by atoms with E-state index in [2.05, 4.69) is 4.74 Å². The molecular weight excluding hydrogens is 294 g/mol. The summed E-state index contributed by atoms with van der Waals surface area (Å²) in [6.07, 6.45) is 1.11. The van der Waals surface area contributed by atoms with Crippen LogP contribution in [-0.2, 0) is 19.1 Å². The predicted molar refractivity (Wildman–Crippen MR) is 88.3 cm³/mol. The van der Waals surface area contributed by atoms with E-state index in [1.165, 1.54) is 14.2 Å². The zero-order chi connectivity index (χ0) is 16.8. The Hall–Kier alpha value is -3.08. The maximum absolute atomic E-state index is 12.1. The van der Waals surface area contributed by atoms with E-state index in [0.29, 0.717) is 11.3 Å². The third-order valence-electron chi connectivity index (χ3n) is 3.34. The summed E-state index contributed by atoms with van der Waals surface area (Å²) in [5.74, 6) is -1.27. The molecule has 0 unspecified atom stereocenters. The molecule has 0 heterocycles. The molecule has 5 heteroatoms. The summed E-state index contributed by atoms with van der Waals surface area (Å²) in [7, 11) is 2.50. The van der Waals surface area contributed by atoms with Gasteiger partial charge >= 0.3 is 11.9 Å². The van der Waals surface area contributed by atoms with Gasteiger partial charge in [-0.2, -0.15) is 0 Å². The zero-order valence-corrected chi connectivity index (χ0v) is 12.9. The van der Waals surface area contributed by atoms with E-state index in [9.17, 15) is 9.59 Å². The molecule has 0 saturated carbocycles. The molecule has 0 bridgehead atoms. The summed E-state index contributed by atoms with van der Waals surface area (Å²) in [6, 6.07) is 14.5. The highest BCUT2D eigenvalue weighted by Crippen LogP contribution is 2.33. The van der Waals surface area contributed by atoms with Gasteiger partial charge in [0.15, 0.2) is 0 Å². The molecule has 0 aliphatic carbocycles. The second kappa shape index (κ2) is 7.26. The van der Waals surface area contributed by atoms with Gasteiger partial charge in [-0.3, -0.25) is 0 Å². The van der Waals surface area contributed by atoms with Gasteiger partial charge < -0.3 is 15.2 Å². The van der Waals surface area contributed by atoms with Crippen molar-refractivity contribution in [3.05, 3.63) is 60.2 Å². The van der Waals surface area contributed by atoms with Gasteiger partial charge in [0, 0.05) is 17.3 Å². The summed E-state index contributed by atoms with van der Waals surface area (Å²) in [4.78, 5) is 23.7. The lowest BCUT2D eigenvalue weighted by Gasteiger charge is -2.13. The molecule has 0 amide bonds. The summed E-state index contributed by atoms with van der Waals surface area (Å²) in [6.45, 7) is 0. The van der Waals surface area contributed by atoms with Crippen LogP contribution in [-0.4, -0.2) is 26.2 Å². The Kier molecular flexibility index (Phi) is 5.15. The average Bonchev–Trinajstić information content (AvgIpc) is 2.59. The number of rotatable bonds is 4. The smallest absolute Gasteiger partial charge is 0.338 e. The number of nitrogens with two attached hydrogens (primary N) is 1. The molecule has 0 atom stereocenters. The lowest BCUT2D eigenvalue weighted by Crippen LogP contribution is -2.08.